The molecule has 0 aromatic heterocycles. The molecule has 0 aromatic carbocycles. The van der Waals surface area contributed by atoms with Gasteiger partial charge in [-0.15, -0.1) is 0 Å². The molecule has 0 radical (unpaired) electrons. The van der Waals surface area contributed by atoms with Gasteiger partial charge in [0.25, 0.3) is 0 Å². The Balaban J connectivity index is 2.38. The summed E-state index contributed by atoms with van der Waals surface area (Å²) in [5, 5.41) is 0. The van der Waals surface area contributed by atoms with Crippen LogP contribution in [0.2, 0.25) is 0 Å². The average molecular weight is 187 g/mol. The molecule has 4 nitrogen and oxygen atoms in total. The molecule has 1 unspecified atom stereocenters. The van der Waals surface area contributed by atoms with E-state index in [2.05, 4.69) is 0 Å². The first-order valence-electron chi connectivity index (χ1n) is 4.58. The van der Waals surface area contributed by atoms with Crippen LogP contribution in [0.4, 0.5) is 0 Å². The molecule has 0 aliphatic carbocycles. The van der Waals surface area contributed by atoms with Crippen LogP contribution >= 0.6 is 0 Å². The van der Waals surface area contributed by atoms with Crippen molar-refractivity contribution in [1.82, 2.24) is 0 Å². The summed E-state index contributed by atoms with van der Waals surface area (Å²) in [5.74, 6) is 0.00794. The lowest BCUT2D eigenvalue weighted by atomic mass is 10.0. The maximum Gasteiger partial charge on any atom is 0.328 e. The predicted octanol–water partition coefficient (Wildman–Crippen LogP) is 0.303. The van der Waals surface area contributed by atoms with Crippen molar-refractivity contribution >= 4 is 5.97 Å². The van der Waals surface area contributed by atoms with Gasteiger partial charge in [0, 0.05) is 13.0 Å². The minimum atomic E-state index is -0.894. The number of hydrogen-bond acceptors (Lipinski definition) is 4. The number of esters is 1. The zero-order valence-corrected chi connectivity index (χ0v) is 8.21. The van der Waals surface area contributed by atoms with Crippen molar-refractivity contribution in [2.24, 2.45) is 11.7 Å². The standard InChI is InChI=1S/C9H17NO3/c1-7(2)5-13-8(11)9(10)3-4-12-6-9/h7H,3-6,10H2,1-2H3. The molecule has 0 amide bonds. The highest BCUT2D eigenvalue weighted by atomic mass is 16.5. The summed E-state index contributed by atoms with van der Waals surface area (Å²) in [4.78, 5) is 11.4. The highest BCUT2D eigenvalue weighted by Crippen LogP contribution is 2.17. The Bertz CT molecular complexity index is 185. The topological polar surface area (TPSA) is 61.5 Å². The minimum absolute atomic E-state index is 0.282. The second-order valence-electron chi connectivity index (χ2n) is 3.95. The Morgan fingerprint density at radius 1 is 1.69 bits per heavy atom. The van der Waals surface area contributed by atoms with Gasteiger partial charge in [0.2, 0.25) is 0 Å². The van der Waals surface area contributed by atoms with E-state index in [-0.39, 0.29) is 12.6 Å². The maximum atomic E-state index is 11.4. The number of rotatable bonds is 3. The Morgan fingerprint density at radius 2 is 2.38 bits per heavy atom. The van der Waals surface area contributed by atoms with Gasteiger partial charge in [-0.3, -0.25) is 0 Å². The first-order chi connectivity index (χ1) is 6.04. The normalized spacial score (nSPS) is 28.0. The van der Waals surface area contributed by atoms with Crippen molar-refractivity contribution < 1.29 is 14.3 Å². The first kappa shape index (κ1) is 10.5. The molecular weight excluding hydrogens is 170 g/mol. The SMILES string of the molecule is CC(C)COC(=O)C1(N)CCOC1. The van der Waals surface area contributed by atoms with E-state index >= 15 is 0 Å². The third-order valence-electron chi connectivity index (χ3n) is 2.01. The first-order valence-corrected chi connectivity index (χ1v) is 4.58. The van der Waals surface area contributed by atoms with Crippen LogP contribution in [0, 0.1) is 5.92 Å². The summed E-state index contributed by atoms with van der Waals surface area (Å²) < 4.78 is 10.1. The van der Waals surface area contributed by atoms with Gasteiger partial charge in [0.1, 0.15) is 5.54 Å². The molecular formula is C9H17NO3. The lowest BCUT2D eigenvalue weighted by Gasteiger charge is -2.20. The van der Waals surface area contributed by atoms with E-state index < -0.39 is 5.54 Å². The molecule has 0 aromatic rings. The summed E-state index contributed by atoms with van der Waals surface area (Å²) in [6.45, 7) is 5.23. The lowest BCUT2D eigenvalue weighted by Crippen LogP contribution is -2.49. The third-order valence-corrected chi connectivity index (χ3v) is 2.01. The molecule has 0 saturated carbocycles. The van der Waals surface area contributed by atoms with Crippen molar-refractivity contribution in [1.29, 1.82) is 0 Å². The van der Waals surface area contributed by atoms with Crippen LogP contribution in [0.15, 0.2) is 0 Å². The summed E-state index contributed by atoms with van der Waals surface area (Å²) >= 11 is 0. The highest BCUT2D eigenvalue weighted by Gasteiger charge is 2.39. The van der Waals surface area contributed by atoms with Crippen LogP contribution < -0.4 is 5.73 Å². The van der Waals surface area contributed by atoms with Crippen molar-refractivity contribution in [2.75, 3.05) is 19.8 Å². The highest BCUT2D eigenvalue weighted by molar-refractivity contribution is 5.81. The van der Waals surface area contributed by atoms with E-state index in [4.69, 9.17) is 15.2 Å². The van der Waals surface area contributed by atoms with E-state index in [1.54, 1.807) is 0 Å². The molecule has 1 saturated heterocycles. The van der Waals surface area contributed by atoms with E-state index in [1.165, 1.54) is 0 Å². The van der Waals surface area contributed by atoms with Crippen LogP contribution in [0.5, 0.6) is 0 Å². The summed E-state index contributed by atoms with van der Waals surface area (Å²) in [6, 6.07) is 0. The molecule has 76 valence electrons. The second-order valence-corrected chi connectivity index (χ2v) is 3.95. The van der Waals surface area contributed by atoms with Gasteiger partial charge in [0.15, 0.2) is 0 Å². The Hall–Kier alpha value is -0.610. The molecule has 0 bridgehead atoms. The summed E-state index contributed by atoms with van der Waals surface area (Å²) in [6.07, 6.45) is 0.559. The lowest BCUT2D eigenvalue weighted by molar-refractivity contribution is -0.151. The van der Waals surface area contributed by atoms with E-state index in [9.17, 15) is 4.79 Å². The summed E-state index contributed by atoms with van der Waals surface area (Å²) in [5.41, 5.74) is 4.90. The molecule has 1 fully saturated rings. The van der Waals surface area contributed by atoms with Gasteiger partial charge in [-0.1, -0.05) is 13.8 Å². The quantitative estimate of drug-likeness (QED) is 0.646. The Kier molecular flexibility index (Phi) is 3.27. The molecule has 1 aliphatic heterocycles. The molecule has 1 aliphatic rings. The number of nitrogens with two attached hydrogens (primary N) is 1. The van der Waals surface area contributed by atoms with Gasteiger partial charge in [-0.2, -0.15) is 0 Å². The molecule has 2 N–H and O–H groups in total. The van der Waals surface area contributed by atoms with Crippen LogP contribution in [0.1, 0.15) is 20.3 Å². The van der Waals surface area contributed by atoms with Gasteiger partial charge in [-0.25, -0.2) is 4.79 Å². The van der Waals surface area contributed by atoms with Crippen molar-refractivity contribution in [3.05, 3.63) is 0 Å². The number of carbonyl (C=O) groups excluding carboxylic acids is 1. The largest absolute Gasteiger partial charge is 0.464 e. The zero-order chi connectivity index (χ0) is 9.90. The maximum absolute atomic E-state index is 11.4. The summed E-state index contributed by atoms with van der Waals surface area (Å²) in [7, 11) is 0. The van der Waals surface area contributed by atoms with Gasteiger partial charge in [-0.05, 0) is 5.92 Å². The predicted molar refractivity (Wildman–Crippen MR) is 48.2 cm³/mol. The van der Waals surface area contributed by atoms with Crippen LogP contribution in [-0.2, 0) is 14.3 Å². The van der Waals surface area contributed by atoms with Gasteiger partial charge >= 0.3 is 5.97 Å². The molecule has 1 rings (SSSR count). The third kappa shape index (κ3) is 2.67. The number of hydrogen-bond donors (Lipinski definition) is 1. The van der Waals surface area contributed by atoms with Crippen molar-refractivity contribution in [2.45, 2.75) is 25.8 Å². The average Bonchev–Trinajstić information content (AvgIpc) is 2.49. The fourth-order valence-electron chi connectivity index (χ4n) is 1.13. The smallest absolute Gasteiger partial charge is 0.328 e. The van der Waals surface area contributed by atoms with Gasteiger partial charge in [0.05, 0.1) is 13.2 Å². The van der Waals surface area contributed by atoms with Crippen LogP contribution in [0.3, 0.4) is 0 Å². The van der Waals surface area contributed by atoms with Crippen molar-refractivity contribution in [3.8, 4) is 0 Å². The van der Waals surface area contributed by atoms with Crippen LogP contribution in [-0.4, -0.2) is 31.3 Å². The van der Waals surface area contributed by atoms with E-state index in [1.807, 2.05) is 13.8 Å². The van der Waals surface area contributed by atoms with E-state index in [0.29, 0.717) is 25.6 Å². The molecule has 0 spiro atoms. The fourth-order valence-corrected chi connectivity index (χ4v) is 1.13. The van der Waals surface area contributed by atoms with Gasteiger partial charge < -0.3 is 15.2 Å². The minimum Gasteiger partial charge on any atom is -0.464 e. The zero-order valence-electron chi connectivity index (χ0n) is 8.21. The molecule has 4 heteroatoms. The number of ether oxygens (including phenoxy) is 2. The Morgan fingerprint density at radius 3 is 2.85 bits per heavy atom. The Labute approximate surface area is 78.4 Å². The monoisotopic (exact) mass is 187 g/mol. The molecule has 1 heterocycles. The fraction of sp³-hybridized carbons (Fsp3) is 0.889. The second kappa shape index (κ2) is 4.07. The van der Waals surface area contributed by atoms with Crippen molar-refractivity contribution in [3.63, 3.8) is 0 Å². The molecule has 13 heavy (non-hydrogen) atoms. The van der Waals surface area contributed by atoms with E-state index in [0.717, 1.165) is 0 Å². The molecule has 1 atom stereocenters. The van der Waals surface area contributed by atoms with Crippen LogP contribution in [0.25, 0.3) is 0 Å². The number of carbonyl (C=O) groups is 1.